The Bertz CT molecular complexity index is 383. The molecule has 2 unspecified atom stereocenters. The molecule has 16 heavy (non-hydrogen) atoms. The van der Waals surface area contributed by atoms with Crippen molar-refractivity contribution in [1.29, 1.82) is 0 Å². The van der Waals surface area contributed by atoms with Crippen molar-refractivity contribution in [3.05, 3.63) is 27.7 Å². The molecule has 1 saturated heterocycles. The van der Waals surface area contributed by atoms with Gasteiger partial charge < -0.3 is 10.6 Å². The van der Waals surface area contributed by atoms with Crippen molar-refractivity contribution in [2.24, 2.45) is 5.73 Å². The molecule has 2 N–H and O–H groups in total. The first-order valence-electron chi connectivity index (χ1n) is 5.55. The topological polar surface area (TPSA) is 29.3 Å². The van der Waals surface area contributed by atoms with Gasteiger partial charge in [-0.05, 0) is 53.9 Å². The van der Waals surface area contributed by atoms with E-state index in [1.807, 2.05) is 18.2 Å². The second-order valence-electron chi connectivity index (χ2n) is 4.42. The molecule has 0 spiro atoms. The van der Waals surface area contributed by atoms with Crippen LogP contribution in [0.1, 0.15) is 19.8 Å². The highest BCUT2D eigenvalue weighted by molar-refractivity contribution is 9.10. The van der Waals surface area contributed by atoms with Crippen LogP contribution < -0.4 is 10.6 Å². The summed E-state index contributed by atoms with van der Waals surface area (Å²) in [5, 5.41) is 0.778. The summed E-state index contributed by atoms with van der Waals surface area (Å²) < 4.78 is 1.10. The van der Waals surface area contributed by atoms with Crippen LogP contribution >= 0.6 is 27.5 Å². The molecule has 1 aliphatic heterocycles. The van der Waals surface area contributed by atoms with Crippen molar-refractivity contribution < 1.29 is 0 Å². The first kappa shape index (κ1) is 12.2. The molecule has 0 saturated carbocycles. The molecule has 1 aromatic carbocycles. The molecule has 1 fully saturated rings. The van der Waals surface area contributed by atoms with Crippen LogP contribution in [0.25, 0.3) is 0 Å². The number of hydrogen-bond acceptors (Lipinski definition) is 2. The summed E-state index contributed by atoms with van der Waals surface area (Å²) in [6.45, 7) is 3.22. The van der Waals surface area contributed by atoms with E-state index in [0.717, 1.165) is 28.9 Å². The van der Waals surface area contributed by atoms with E-state index in [0.29, 0.717) is 12.1 Å². The molecule has 0 aromatic heterocycles. The van der Waals surface area contributed by atoms with E-state index in [1.54, 1.807) is 0 Å². The van der Waals surface area contributed by atoms with Gasteiger partial charge in [-0.15, -0.1) is 0 Å². The fourth-order valence-electron chi connectivity index (χ4n) is 2.27. The van der Waals surface area contributed by atoms with Crippen LogP contribution in [0.5, 0.6) is 0 Å². The molecular weight excluding hydrogens is 288 g/mol. The van der Waals surface area contributed by atoms with Crippen molar-refractivity contribution >= 4 is 33.2 Å². The zero-order valence-corrected chi connectivity index (χ0v) is 11.6. The number of rotatable bonds is 1. The zero-order chi connectivity index (χ0) is 11.7. The fourth-order valence-corrected chi connectivity index (χ4v) is 2.91. The molecule has 1 aliphatic rings. The minimum atomic E-state index is 0.337. The molecule has 2 atom stereocenters. The van der Waals surface area contributed by atoms with Gasteiger partial charge in [0.2, 0.25) is 0 Å². The molecule has 0 bridgehead atoms. The third-order valence-corrected chi connectivity index (χ3v) is 4.04. The van der Waals surface area contributed by atoms with Crippen LogP contribution in [-0.4, -0.2) is 18.6 Å². The molecule has 2 nitrogen and oxygen atoms in total. The van der Waals surface area contributed by atoms with Gasteiger partial charge in [-0.1, -0.05) is 11.6 Å². The second kappa shape index (κ2) is 4.94. The molecular formula is C12H16BrClN2. The van der Waals surface area contributed by atoms with E-state index in [9.17, 15) is 0 Å². The normalized spacial score (nSPS) is 25.9. The largest absolute Gasteiger partial charge is 0.368 e. The van der Waals surface area contributed by atoms with E-state index in [2.05, 4.69) is 27.8 Å². The Kier molecular flexibility index (Phi) is 3.77. The number of halogens is 2. The molecule has 0 radical (unpaired) electrons. The third kappa shape index (κ3) is 2.53. The molecule has 0 amide bonds. The predicted molar refractivity (Wildman–Crippen MR) is 73.2 cm³/mol. The monoisotopic (exact) mass is 302 g/mol. The van der Waals surface area contributed by atoms with Crippen molar-refractivity contribution in [2.75, 3.05) is 11.4 Å². The Morgan fingerprint density at radius 1 is 1.50 bits per heavy atom. The molecule has 2 rings (SSSR count). The third-order valence-electron chi connectivity index (χ3n) is 3.13. The fraction of sp³-hybridized carbons (Fsp3) is 0.500. The number of piperidine rings is 1. The minimum Gasteiger partial charge on any atom is -0.368 e. The number of anilines is 1. The lowest BCUT2D eigenvalue weighted by Crippen LogP contribution is -2.45. The van der Waals surface area contributed by atoms with Crippen LogP contribution in [0.2, 0.25) is 5.02 Å². The maximum Gasteiger partial charge on any atom is 0.0528 e. The Morgan fingerprint density at radius 2 is 2.25 bits per heavy atom. The lowest BCUT2D eigenvalue weighted by atomic mass is 9.98. The van der Waals surface area contributed by atoms with Crippen molar-refractivity contribution in [3.8, 4) is 0 Å². The van der Waals surface area contributed by atoms with Gasteiger partial charge in [0.1, 0.15) is 0 Å². The highest BCUT2D eigenvalue weighted by Crippen LogP contribution is 2.33. The Balaban J connectivity index is 2.26. The Labute approximate surface area is 110 Å². The average molecular weight is 304 g/mol. The summed E-state index contributed by atoms with van der Waals surface area (Å²) in [6.07, 6.45) is 2.09. The number of hydrogen-bond donors (Lipinski definition) is 1. The van der Waals surface area contributed by atoms with Gasteiger partial charge in [-0.2, -0.15) is 0 Å². The molecule has 0 aliphatic carbocycles. The maximum absolute atomic E-state index is 6.04. The van der Waals surface area contributed by atoms with Crippen LogP contribution in [0.15, 0.2) is 22.7 Å². The second-order valence-corrected chi connectivity index (χ2v) is 5.71. The Hall–Kier alpha value is -0.250. The summed E-state index contributed by atoms with van der Waals surface area (Å²) >= 11 is 9.62. The lowest BCUT2D eigenvalue weighted by Gasteiger charge is -2.38. The van der Waals surface area contributed by atoms with Gasteiger partial charge in [-0.3, -0.25) is 0 Å². The highest BCUT2D eigenvalue weighted by atomic mass is 79.9. The van der Waals surface area contributed by atoms with E-state index in [-0.39, 0.29) is 0 Å². The first-order valence-corrected chi connectivity index (χ1v) is 6.72. The summed E-state index contributed by atoms with van der Waals surface area (Å²) in [5.74, 6) is 0. The van der Waals surface area contributed by atoms with Gasteiger partial charge in [0.25, 0.3) is 0 Å². The summed E-state index contributed by atoms with van der Waals surface area (Å²) in [4.78, 5) is 2.37. The van der Waals surface area contributed by atoms with Crippen molar-refractivity contribution in [1.82, 2.24) is 0 Å². The average Bonchev–Trinajstić information content (AvgIpc) is 2.22. The van der Waals surface area contributed by atoms with Gasteiger partial charge in [0, 0.05) is 28.1 Å². The number of benzene rings is 1. The van der Waals surface area contributed by atoms with Crippen LogP contribution in [0.4, 0.5) is 5.69 Å². The zero-order valence-electron chi connectivity index (χ0n) is 9.29. The number of nitrogens with two attached hydrogens (primary N) is 1. The van der Waals surface area contributed by atoms with E-state index >= 15 is 0 Å². The van der Waals surface area contributed by atoms with E-state index < -0.39 is 0 Å². The molecule has 1 aromatic rings. The number of nitrogens with zero attached hydrogens (tertiary/aromatic N) is 1. The SMILES string of the molecule is CC1CC(N)CCN1c1cc(Cl)ccc1Br. The lowest BCUT2D eigenvalue weighted by molar-refractivity contribution is 0.429. The Morgan fingerprint density at radius 3 is 2.94 bits per heavy atom. The van der Waals surface area contributed by atoms with Crippen LogP contribution in [0, 0.1) is 0 Å². The molecule has 4 heteroatoms. The van der Waals surface area contributed by atoms with Crippen LogP contribution in [0.3, 0.4) is 0 Å². The molecule has 1 heterocycles. The van der Waals surface area contributed by atoms with E-state index in [4.69, 9.17) is 17.3 Å². The van der Waals surface area contributed by atoms with E-state index in [1.165, 1.54) is 5.69 Å². The molecule has 88 valence electrons. The summed E-state index contributed by atoms with van der Waals surface area (Å²) in [5.41, 5.74) is 7.14. The highest BCUT2D eigenvalue weighted by Gasteiger charge is 2.24. The summed E-state index contributed by atoms with van der Waals surface area (Å²) in [6, 6.07) is 6.72. The van der Waals surface area contributed by atoms with Crippen molar-refractivity contribution in [3.63, 3.8) is 0 Å². The quantitative estimate of drug-likeness (QED) is 0.861. The minimum absolute atomic E-state index is 0.337. The van der Waals surface area contributed by atoms with Gasteiger partial charge in [0.05, 0.1) is 5.69 Å². The van der Waals surface area contributed by atoms with Crippen LogP contribution in [-0.2, 0) is 0 Å². The summed E-state index contributed by atoms with van der Waals surface area (Å²) in [7, 11) is 0. The van der Waals surface area contributed by atoms with Gasteiger partial charge >= 0.3 is 0 Å². The van der Waals surface area contributed by atoms with Gasteiger partial charge in [0.15, 0.2) is 0 Å². The smallest absolute Gasteiger partial charge is 0.0528 e. The maximum atomic E-state index is 6.04. The first-order chi connectivity index (χ1) is 7.58. The predicted octanol–water partition coefficient (Wildman–Crippen LogP) is 3.42. The van der Waals surface area contributed by atoms with Crippen molar-refractivity contribution in [2.45, 2.75) is 31.8 Å². The standard InChI is InChI=1S/C12H16BrClN2/c1-8-6-10(15)4-5-16(8)12-7-9(14)2-3-11(12)13/h2-3,7-8,10H,4-6,15H2,1H3. The van der Waals surface area contributed by atoms with Gasteiger partial charge in [-0.25, -0.2) is 0 Å².